The molecule has 2 aromatic carbocycles. The summed E-state index contributed by atoms with van der Waals surface area (Å²) in [6, 6.07) is 20.2. The van der Waals surface area contributed by atoms with E-state index in [9.17, 15) is 4.79 Å². The third-order valence-corrected chi connectivity index (χ3v) is 6.88. The number of piperazine rings is 1. The summed E-state index contributed by atoms with van der Waals surface area (Å²) in [6.07, 6.45) is 4.10. The second kappa shape index (κ2) is 9.36. The lowest BCUT2D eigenvalue weighted by Gasteiger charge is -2.42. The molecular weight excluding hydrogens is 376 g/mol. The van der Waals surface area contributed by atoms with E-state index in [-0.39, 0.29) is 11.9 Å². The average molecular weight is 409 g/mol. The molecule has 0 spiro atoms. The molecule has 154 valence electrons. The number of carbonyl (C=O) groups is 1. The summed E-state index contributed by atoms with van der Waals surface area (Å²) in [7, 11) is 0. The second-order valence-corrected chi connectivity index (χ2v) is 10.3. The third-order valence-electron chi connectivity index (χ3n) is 5.86. The molecule has 4 heteroatoms. The van der Waals surface area contributed by atoms with E-state index in [0.717, 1.165) is 37.7 Å². The van der Waals surface area contributed by atoms with E-state index in [1.54, 1.807) is 0 Å². The molecule has 1 saturated heterocycles. The van der Waals surface area contributed by atoms with Crippen LogP contribution in [0.25, 0.3) is 0 Å². The van der Waals surface area contributed by atoms with Gasteiger partial charge in [-0.25, -0.2) is 0 Å². The standard InChI is InChI=1S/C25H32N2OS/c1-19(2)29-24-12-8-21(9-13-24)17-25(28)27-15-14-26(22-10-11-22)18-23(27)16-20-6-4-3-5-7-20/h3-9,12-13,19,22-23H,10-11,14-18H2,1-2H3. The molecule has 3 nitrogen and oxygen atoms in total. The number of amides is 1. The van der Waals surface area contributed by atoms with Gasteiger partial charge < -0.3 is 4.90 Å². The molecule has 1 unspecified atom stereocenters. The molecule has 2 fully saturated rings. The Bertz CT molecular complexity index is 801. The third kappa shape index (κ3) is 5.64. The summed E-state index contributed by atoms with van der Waals surface area (Å²) < 4.78 is 0. The topological polar surface area (TPSA) is 23.6 Å². The minimum Gasteiger partial charge on any atom is -0.337 e. The SMILES string of the molecule is CC(C)Sc1ccc(CC(=O)N2CCN(C3CC3)CC2Cc2ccccc2)cc1. The van der Waals surface area contributed by atoms with Gasteiger partial charge in [0.15, 0.2) is 0 Å². The zero-order valence-corrected chi connectivity index (χ0v) is 18.4. The van der Waals surface area contributed by atoms with E-state index in [1.165, 1.54) is 23.3 Å². The van der Waals surface area contributed by atoms with Gasteiger partial charge in [0, 0.05) is 41.9 Å². The van der Waals surface area contributed by atoms with Crippen molar-refractivity contribution >= 4 is 17.7 Å². The highest BCUT2D eigenvalue weighted by molar-refractivity contribution is 7.99. The lowest BCUT2D eigenvalue weighted by molar-refractivity contribution is -0.135. The number of carbonyl (C=O) groups excluding carboxylic acids is 1. The number of hydrogen-bond acceptors (Lipinski definition) is 3. The van der Waals surface area contributed by atoms with Crippen LogP contribution >= 0.6 is 11.8 Å². The molecule has 1 aliphatic heterocycles. The maximum Gasteiger partial charge on any atom is 0.227 e. The summed E-state index contributed by atoms with van der Waals surface area (Å²) in [4.78, 5) is 19.3. The van der Waals surface area contributed by atoms with Crippen LogP contribution in [0.2, 0.25) is 0 Å². The van der Waals surface area contributed by atoms with Gasteiger partial charge in [0.05, 0.1) is 6.42 Å². The van der Waals surface area contributed by atoms with Crippen LogP contribution in [-0.4, -0.2) is 52.7 Å². The molecule has 4 rings (SSSR count). The van der Waals surface area contributed by atoms with Crippen LogP contribution in [0.15, 0.2) is 59.5 Å². The van der Waals surface area contributed by atoms with Crippen molar-refractivity contribution in [3.05, 3.63) is 65.7 Å². The molecule has 1 aliphatic carbocycles. The number of hydrogen-bond donors (Lipinski definition) is 0. The lowest BCUT2D eigenvalue weighted by Crippen LogP contribution is -2.56. The molecule has 0 N–H and O–H groups in total. The van der Waals surface area contributed by atoms with E-state index in [4.69, 9.17) is 0 Å². The van der Waals surface area contributed by atoms with Crippen molar-refractivity contribution in [2.24, 2.45) is 0 Å². The highest BCUT2D eigenvalue weighted by Crippen LogP contribution is 2.30. The fourth-order valence-electron chi connectivity index (χ4n) is 4.27. The number of rotatable bonds is 7. The zero-order valence-electron chi connectivity index (χ0n) is 17.6. The summed E-state index contributed by atoms with van der Waals surface area (Å²) in [5.74, 6) is 0.269. The normalized spacial score (nSPS) is 20.2. The van der Waals surface area contributed by atoms with Gasteiger partial charge in [-0.05, 0) is 42.5 Å². The van der Waals surface area contributed by atoms with Crippen molar-refractivity contribution in [3.8, 4) is 0 Å². The molecular formula is C25H32N2OS. The van der Waals surface area contributed by atoms with Crippen LogP contribution in [0.4, 0.5) is 0 Å². The lowest BCUT2D eigenvalue weighted by atomic mass is 10.0. The van der Waals surface area contributed by atoms with Gasteiger partial charge in [0.1, 0.15) is 0 Å². The van der Waals surface area contributed by atoms with Crippen LogP contribution in [0.3, 0.4) is 0 Å². The molecule has 29 heavy (non-hydrogen) atoms. The van der Waals surface area contributed by atoms with Crippen molar-refractivity contribution in [1.29, 1.82) is 0 Å². The molecule has 0 bridgehead atoms. The second-order valence-electron chi connectivity index (χ2n) is 8.64. The predicted molar refractivity (Wildman–Crippen MR) is 121 cm³/mol. The van der Waals surface area contributed by atoms with E-state index in [1.807, 2.05) is 11.8 Å². The Morgan fingerprint density at radius 3 is 2.38 bits per heavy atom. The molecule has 0 radical (unpaired) electrons. The first-order valence-electron chi connectivity index (χ1n) is 10.9. The summed E-state index contributed by atoms with van der Waals surface area (Å²) in [6.45, 7) is 7.29. The largest absolute Gasteiger partial charge is 0.337 e. The van der Waals surface area contributed by atoms with Gasteiger partial charge in [0.2, 0.25) is 5.91 Å². The summed E-state index contributed by atoms with van der Waals surface area (Å²) in [5, 5.41) is 0.573. The summed E-state index contributed by atoms with van der Waals surface area (Å²) in [5.41, 5.74) is 2.44. The van der Waals surface area contributed by atoms with E-state index in [0.29, 0.717) is 11.7 Å². The van der Waals surface area contributed by atoms with Gasteiger partial charge in [0.25, 0.3) is 0 Å². The first-order valence-corrected chi connectivity index (χ1v) is 11.8. The Kier molecular flexibility index (Phi) is 6.61. The van der Waals surface area contributed by atoms with Gasteiger partial charge >= 0.3 is 0 Å². The Morgan fingerprint density at radius 2 is 1.72 bits per heavy atom. The summed E-state index contributed by atoms with van der Waals surface area (Å²) >= 11 is 1.86. The van der Waals surface area contributed by atoms with E-state index < -0.39 is 0 Å². The molecule has 2 aliphatic rings. The maximum absolute atomic E-state index is 13.2. The first-order chi connectivity index (χ1) is 14.1. The van der Waals surface area contributed by atoms with Crippen molar-refractivity contribution in [2.45, 2.75) is 61.8 Å². The molecule has 1 saturated carbocycles. The van der Waals surface area contributed by atoms with Gasteiger partial charge in [-0.1, -0.05) is 56.3 Å². The first kappa shape index (κ1) is 20.5. The smallest absolute Gasteiger partial charge is 0.227 e. The van der Waals surface area contributed by atoms with Gasteiger partial charge in [-0.2, -0.15) is 0 Å². The van der Waals surface area contributed by atoms with Crippen molar-refractivity contribution in [3.63, 3.8) is 0 Å². The number of thioether (sulfide) groups is 1. The van der Waals surface area contributed by atoms with Gasteiger partial charge in [-0.15, -0.1) is 11.8 Å². The van der Waals surface area contributed by atoms with Crippen molar-refractivity contribution < 1.29 is 4.79 Å². The Balaban J connectivity index is 1.43. The van der Waals surface area contributed by atoms with Crippen LogP contribution in [-0.2, 0) is 17.6 Å². The fourth-order valence-corrected chi connectivity index (χ4v) is 5.11. The predicted octanol–water partition coefficient (Wildman–Crippen LogP) is 4.65. The maximum atomic E-state index is 13.2. The quantitative estimate of drug-likeness (QED) is 0.623. The van der Waals surface area contributed by atoms with Crippen LogP contribution in [0.1, 0.15) is 37.8 Å². The monoisotopic (exact) mass is 408 g/mol. The zero-order chi connectivity index (χ0) is 20.2. The van der Waals surface area contributed by atoms with Gasteiger partial charge in [-0.3, -0.25) is 9.69 Å². The number of benzene rings is 2. The van der Waals surface area contributed by atoms with Crippen LogP contribution < -0.4 is 0 Å². The van der Waals surface area contributed by atoms with E-state index in [2.05, 4.69) is 78.2 Å². The molecule has 1 heterocycles. The molecule has 2 aromatic rings. The number of nitrogens with zero attached hydrogens (tertiary/aromatic N) is 2. The highest BCUT2D eigenvalue weighted by atomic mass is 32.2. The molecule has 0 aromatic heterocycles. The Labute approximate surface area is 179 Å². The molecule has 1 amide bonds. The van der Waals surface area contributed by atoms with Crippen molar-refractivity contribution in [1.82, 2.24) is 9.80 Å². The van der Waals surface area contributed by atoms with E-state index >= 15 is 0 Å². The minimum atomic E-state index is 0.269. The molecule has 1 atom stereocenters. The van der Waals surface area contributed by atoms with Crippen LogP contribution in [0.5, 0.6) is 0 Å². The average Bonchev–Trinajstić information content (AvgIpc) is 3.55. The van der Waals surface area contributed by atoms with Crippen molar-refractivity contribution in [2.75, 3.05) is 19.6 Å². The fraction of sp³-hybridized carbons (Fsp3) is 0.480. The minimum absolute atomic E-state index is 0.269. The Morgan fingerprint density at radius 1 is 1.00 bits per heavy atom. The highest BCUT2D eigenvalue weighted by Gasteiger charge is 2.37. The Hall–Kier alpha value is -1.78. The van der Waals surface area contributed by atoms with Crippen LogP contribution in [0, 0.1) is 0 Å².